The van der Waals surface area contributed by atoms with Crippen LogP contribution in [0.3, 0.4) is 0 Å². The van der Waals surface area contributed by atoms with Gasteiger partial charge in [-0.2, -0.15) is 15.6 Å². The Bertz CT molecular complexity index is 639. The maximum absolute atomic E-state index is 12.2. The zero-order chi connectivity index (χ0) is 15.3. The first-order chi connectivity index (χ1) is 10.0. The van der Waals surface area contributed by atoms with Crippen molar-refractivity contribution in [3.8, 4) is 0 Å². The standard InChI is InChI=1S/C15H19NO3S2/c1-2-21(18,19)16(10-13-6-4-3-5-7-13)11-15(17)14-8-9-20-12-14/h3-9,12,15,17H,2,10-11H2,1H3. The van der Waals surface area contributed by atoms with Gasteiger partial charge in [-0.15, -0.1) is 0 Å². The molecule has 2 aromatic rings. The Labute approximate surface area is 129 Å². The lowest BCUT2D eigenvalue weighted by Crippen LogP contribution is -2.35. The highest BCUT2D eigenvalue weighted by atomic mass is 32.2. The van der Waals surface area contributed by atoms with Crippen molar-refractivity contribution in [3.63, 3.8) is 0 Å². The minimum absolute atomic E-state index is 0.0240. The van der Waals surface area contributed by atoms with Crippen LogP contribution in [-0.4, -0.2) is 30.1 Å². The van der Waals surface area contributed by atoms with Crippen molar-refractivity contribution < 1.29 is 13.5 Å². The van der Waals surface area contributed by atoms with Gasteiger partial charge in [0.1, 0.15) is 0 Å². The van der Waals surface area contributed by atoms with Gasteiger partial charge in [-0.05, 0) is 34.9 Å². The number of aliphatic hydroxyl groups excluding tert-OH is 1. The SMILES string of the molecule is CCS(=O)(=O)N(Cc1ccccc1)CC(O)c1ccsc1. The van der Waals surface area contributed by atoms with Gasteiger partial charge >= 0.3 is 0 Å². The molecule has 0 aliphatic carbocycles. The Morgan fingerprint density at radius 3 is 2.52 bits per heavy atom. The Hall–Kier alpha value is -1.21. The van der Waals surface area contributed by atoms with Crippen LogP contribution in [0.4, 0.5) is 0 Å². The molecule has 1 aromatic carbocycles. The molecule has 4 nitrogen and oxygen atoms in total. The third kappa shape index (κ3) is 4.38. The summed E-state index contributed by atoms with van der Waals surface area (Å²) >= 11 is 1.48. The van der Waals surface area contributed by atoms with Gasteiger partial charge in [0.2, 0.25) is 10.0 Å². The van der Waals surface area contributed by atoms with Gasteiger partial charge in [-0.1, -0.05) is 30.3 Å². The van der Waals surface area contributed by atoms with Crippen molar-refractivity contribution >= 4 is 21.4 Å². The van der Waals surface area contributed by atoms with Crippen LogP contribution < -0.4 is 0 Å². The van der Waals surface area contributed by atoms with Crippen molar-refractivity contribution in [2.75, 3.05) is 12.3 Å². The van der Waals surface area contributed by atoms with Gasteiger partial charge in [0.05, 0.1) is 11.9 Å². The molecule has 0 amide bonds. The van der Waals surface area contributed by atoms with Crippen LogP contribution in [0.2, 0.25) is 0 Å². The van der Waals surface area contributed by atoms with E-state index in [4.69, 9.17) is 0 Å². The largest absolute Gasteiger partial charge is 0.387 e. The molecule has 0 saturated heterocycles. The summed E-state index contributed by atoms with van der Waals surface area (Å²) in [5, 5.41) is 13.9. The predicted molar refractivity (Wildman–Crippen MR) is 85.6 cm³/mol. The topological polar surface area (TPSA) is 57.6 Å². The Kier molecular flexibility index (Phi) is 5.52. The highest BCUT2D eigenvalue weighted by Crippen LogP contribution is 2.20. The third-order valence-corrected chi connectivity index (χ3v) is 5.76. The molecular formula is C15H19NO3S2. The summed E-state index contributed by atoms with van der Waals surface area (Å²) in [6, 6.07) is 11.2. The minimum Gasteiger partial charge on any atom is -0.387 e. The van der Waals surface area contributed by atoms with Crippen LogP contribution in [0.15, 0.2) is 47.2 Å². The summed E-state index contributed by atoms with van der Waals surface area (Å²) in [7, 11) is -3.37. The van der Waals surface area contributed by atoms with Crippen LogP contribution in [0.25, 0.3) is 0 Å². The van der Waals surface area contributed by atoms with Gasteiger partial charge in [0.25, 0.3) is 0 Å². The van der Waals surface area contributed by atoms with E-state index in [9.17, 15) is 13.5 Å². The minimum atomic E-state index is -3.37. The van der Waals surface area contributed by atoms with E-state index < -0.39 is 16.1 Å². The molecule has 0 saturated carbocycles. The number of benzene rings is 1. The van der Waals surface area contributed by atoms with E-state index in [0.29, 0.717) is 0 Å². The second kappa shape index (κ2) is 7.17. The molecular weight excluding hydrogens is 306 g/mol. The maximum atomic E-state index is 12.2. The number of nitrogens with zero attached hydrogens (tertiary/aromatic N) is 1. The van der Waals surface area contributed by atoms with E-state index in [0.717, 1.165) is 11.1 Å². The molecule has 2 rings (SSSR count). The Balaban J connectivity index is 2.17. The molecule has 6 heteroatoms. The molecule has 0 aliphatic heterocycles. The number of rotatable bonds is 7. The lowest BCUT2D eigenvalue weighted by atomic mass is 10.2. The van der Waals surface area contributed by atoms with Crippen LogP contribution in [-0.2, 0) is 16.6 Å². The summed E-state index contributed by atoms with van der Waals surface area (Å²) in [6.45, 7) is 1.96. The summed E-state index contributed by atoms with van der Waals surface area (Å²) in [5.41, 5.74) is 1.66. The molecule has 0 radical (unpaired) electrons. The fraction of sp³-hybridized carbons (Fsp3) is 0.333. The van der Waals surface area contributed by atoms with Crippen molar-refractivity contribution in [3.05, 3.63) is 58.3 Å². The molecule has 0 bridgehead atoms. The molecule has 0 fully saturated rings. The van der Waals surface area contributed by atoms with Crippen LogP contribution in [0, 0.1) is 0 Å². The van der Waals surface area contributed by atoms with Crippen molar-refractivity contribution in [2.24, 2.45) is 0 Å². The van der Waals surface area contributed by atoms with Crippen molar-refractivity contribution in [1.82, 2.24) is 4.31 Å². The first-order valence-corrected chi connectivity index (χ1v) is 9.30. The van der Waals surface area contributed by atoms with Gasteiger partial charge < -0.3 is 5.11 Å². The molecule has 21 heavy (non-hydrogen) atoms. The van der Waals surface area contributed by atoms with E-state index in [2.05, 4.69) is 0 Å². The Morgan fingerprint density at radius 2 is 1.95 bits per heavy atom. The monoisotopic (exact) mass is 325 g/mol. The first-order valence-electron chi connectivity index (χ1n) is 6.75. The third-order valence-electron chi connectivity index (χ3n) is 3.26. The number of aliphatic hydroxyl groups is 1. The van der Waals surface area contributed by atoms with Crippen molar-refractivity contribution in [1.29, 1.82) is 0 Å². The Morgan fingerprint density at radius 1 is 1.24 bits per heavy atom. The van der Waals surface area contributed by atoms with E-state index in [1.165, 1.54) is 15.6 Å². The number of thiophene rings is 1. The van der Waals surface area contributed by atoms with E-state index >= 15 is 0 Å². The van der Waals surface area contributed by atoms with Gasteiger partial charge in [0, 0.05) is 13.1 Å². The number of sulfonamides is 1. The summed E-state index contributed by atoms with van der Waals surface area (Å²) in [4.78, 5) is 0. The predicted octanol–water partition coefficient (Wildman–Crippen LogP) is 2.63. The lowest BCUT2D eigenvalue weighted by molar-refractivity contribution is 0.146. The average molecular weight is 325 g/mol. The second-order valence-corrected chi connectivity index (χ2v) is 7.79. The van der Waals surface area contributed by atoms with E-state index in [1.807, 2.05) is 47.2 Å². The molecule has 0 aliphatic rings. The summed E-state index contributed by atoms with van der Waals surface area (Å²) < 4.78 is 25.8. The van der Waals surface area contributed by atoms with E-state index in [-0.39, 0.29) is 18.8 Å². The molecule has 0 spiro atoms. The van der Waals surface area contributed by atoms with E-state index in [1.54, 1.807) is 6.92 Å². The molecule has 1 heterocycles. The number of hydrogen-bond acceptors (Lipinski definition) is 4. The molecule has 1 N–H and O–H groups in total. The number of hydrogen-bond donors (Lipinski definition) is 1. The van der Waals surface area contributed by atoms with Gasteiger partial charge in [0.15, 0.2) is 0 Å². The maximum Gasteiger partial charge on any atom is 0.214 e. The smallest absolute Gasteiger partial charge is 0.214 e. The quantitative estimate of drug-likeness (QED) is 0.851. The van der Waals surface area contributed by atoms with Crippen LogP contribution >= 0.6 is 11.3 Å². The first kappa shape index (κ1) is 16.2. The zero-order valence-corrected chi connectivity index (χ0v) is 13.5. The fourth-order valence-electron chi connectivity index (χ4n) is 2.01. The highest BCUT2D eigenvalue weighted by Gasteiger charge is 2.24. The molecule has 1 atom stereocenters. The molecule has 1 aromatic heterocycles. The van der Waals surface area contributed by atoms with Gasteiger partial charge in [-0.25, -0.2) is 8.42 Å². The molecule has 114 valence electrons. The fourth-order valence-corrected chi connectivity index (χ4v) is 3.80. The highest BCUT2D eigenvalue weighted by molar-refractivity contribution is 7.89. The van der Waals surface area contributed by atoms with Gasteiger partial charge in [-0.3, -0.25) is 0 Å². The molecule has 1 unspecified atom stereocenters. The summed E-state index contributed by atoms with van der Waals surface area (Å²) in [5.74, 6) is 0.0240. The lowest BCUT2D eigenvalue weighted by Gasteiger charge is -2.24. The zero-order valence-electron chi connectivity index (χ0n) is 11.8. The average Bonchev–Trinajstić information content (AvgIpc) is 3.02. The summed E-state index contributed by atoms with van der Waals surface area (Å²) in [6.07, 6.45) is -0.804. The van der Waals surface area contributed by atoms with Crippen molar-refractivity contribution in [2.45, 2.75) is 19.6 Å². The van der Waals surface area contributed by atoms with Crippen LogP contribution in [0.1, 0.15) is 24.2 Å². The normalized spacial score (nSPS) is 13.5. The van der Waals surface area contributed by atoms with Crippen LogP contribution in [0.5, 0.6) is 0 Å². The second-order valence-electron chi connectivity index (χ2n) is 4.75.